The topological polar surface area (TPSA) is 80.1 Å². The van der Waals surface area contributed by atoms with Crippen molar-refractivity contribution in [2.75, 3.05) is 25.0 Å². The van der Waals surface area contributed by atoms with Crippen molar-refractivity contribution in [1.82, 2.24) is 19.9 Å². The first kappa shape index (κ1) is 21.9. The number of amides is 1. The minimum Gasteiger partial charge on any atom is -0.325 e. The quantitative estimate of drug-likeness (QED) is 0.602. The summed E-state index contributed by atoms with van der Waals surface area (Å²) in [6.45, 7) is 3.03. The zero-order valence-corrected chi connectivity index (χ0v) is 17.4. The second kappa shape index (κ2) is 8.70. The largest absolute Gasteiger partial charge is 0.416 e. The number of ketones is 1. The predicted molar refractivity (Wildman–Crippen MR) is 112 cm³/mol. The van der Waals surface area contributed by atoms with E-state index in [4.69, 9.17) is 0 Å². The first-order valence-electron chi connectivity index (χ1n) is 10.3. The van der Waals surface area contributed by atoms with Gasteiger partial charge in [-0.3, -0.25) is 14.5 Å². The molecule has 2 aromatic carbocycles. The van der Waals surface area contributed by atoms with E-state index in [2.05, 4.69) is 15.6 Å². The number of carbonyl (C=O) groups excluding carboxylic acids is 2. The van der Waals surface area contributed by atoms with Crippen LogP contribution in [0, 0.1) is 0 Å². The highest BCUT2D eigenvalue weighted by atomic mass is 19.4. The maximum Gasteiger partial charge on any atom is 0.416 e. The monoisotopic (exact) mass is 445 g/mol. The van der Waals surface area contributed by atoms with Gasteiger partial charge in [0.05, 0.1) is 23.7 Å². The summed E-state index contributed by atoms with van der Waals surface area (Å²) >= 11 is 0. The van der Waals surface area contributed by atoms with Crippen LogP contribution < -0.4 is 5.32 Å². The molecule has 1 aliphatic rings. The second-order valence-corrected chi connectivity index (χ2v) is 7.92. The molecule has 1 N–H and O–H groups in total. The van der Waals surface area contributed by atoms with Gasteiger partial charge in [0.25, 0.3) is 0 Å². The molecule has 168 valence electrons. The molecule has 1 saturated heterocycles. The number of alkyl halides is 3. The molecule has 1 amide bonds. The Labute approximate surface area is 182 Å². The van der Waals surface area contributed by atoms with Gasteiger partial charge in [-0.15, -0.1) is 5.10 Å². The predicted octanol–water partition coefficient (Wildman–Crippen LogP) is 3.93. The summed E-state index contributed by atoms with van der Waals surface area (Å²) in [6, 6.07) is 10.2. The van der Waals surface area contributed by atoms with Crippen LogP contribution in [-0.2, 0) is 11.0 Å². The summed E-state index contributed by atoms with van der Waals surface area (Å²) in [5.74, 6) is -0.184. The number of rotatable bonds is 5. The number of nitrogens with zero attached hydrogens (tertiary/aromatic N) is 4. The van der Waals surface area contributed by atoms with Crippen molar-refractivity contribution < 1.29 is 22.8 Å². The van der Waals surface area contributed by atoms with Crippen molar-refractivity contribution in [1.29, 1.82) is 0 Å². The Morgan fingerprint density at radius 3 is 2.41 bits per heavy atom. The Hall–Kier alpha value is -3.27. The first-order valence-corrected chi connectivity index (χ1v) is 10.3. The Balaban J connectivity index is 1.33. The van der Waals surface area contributed by atoms with Gasteiger partial charge in [0.1, 0.15) is 5.52 Å². The fourth-order valence-electron chi connectivity index (χ4n) is 3.90. The molecular weight excluding hydrogens is 423 g/mol. The van der Waals surface area contributed by atoms with E-state index in [1.165, 1.54) is 13.0 Å². The summed E-state index contributed by atoms with van der Waals surface area (Å²) in [6.07, 6.45) is -3.00. The fraction of sp³-hybridized carbons (Fsp3) is 0.364. The highest BCUT2D eigenvalue weighted by Crippen LogP contribution is 2.32. The number of likely N-dealkylation sites (tertiary alicyclic amines) is 1. The molecular formula is C22H22F3N5O2. The zero-order valence-electron chi connectivity index (χ0n) is 17.4. The molecule has 3 aromatic rings. The number of fused-ring (bicyclic) bond motifs is 1. The van der Waals surface area contributed by atoms with Gasteiger partial charge in [0, 0.05) is 24.3 Å². The molecule has 10 heteroatoms. The van der Waals surface area contributed by atoms with E-state index in [1.54, 1.807) is 28.9 Å². The number of anilines is 1. The number of aromatic nitrogens is 3. The van der Waals surface area contributed by atoms with E-state index in [1.807, 2.05) is 4.90 Å². The molecule has 2 heterocycles. The van der Waals surface area contributed by atoms with Crippen molar-refractivity contribution in [3.05, 3.63) is 53.6 Å². The third kappa shape index (κ3) is 4.80. The summed E-state index contributed by atoms with van der Waals surface area (Å²) in [5, 5.41) is 10.8. The zero-order chi connectivity index (χ0) is 22.9. The van der Waals surface area contributed by atoms with Gasteiger partial charge in [0.15, 0.2) is 5.78 Å². The molecule has 0 atom stereocenters. The lowest BCUT2D eigenvalue weighted by molar-refractivity contribution is -0.137. The first-order chi connectivity index (χ1) is 15.2. The van der Waals surface area contributed by atoms with Crippen molar-refractivity contribution in [2.24, 2.45) is 0 Å². The maximum absolute atomic E-state index is 12.9. The Bertz CT molecular complexity index is 1130. The molecule has 0 saturated carbocycles. The highest BCUT2D eigenvalue weighted by molar-refractivity contribution is 5.96. The number of nitrogens with one attached hydrogen (secondary N) is 1. The van der Waals surface area contributed by atoms with E-state index in [0.717, 1.165) is 12.1 Å². The van der Waals surface area contributed by atoms with E-state index in [-0.39, 0.29) is 29.8 Å². The Kier molecular flexibility index (Phi) is 5.96. The fourth-order valence-corrected chi connectivity index (χ4v) is 3.90. The average Bonchev–Trinajstić information content (AvgIpc) is 3.17. The maximum atomic E-state index is 12.9. The van der Waals surface area contributed by atoms with Crippen LogP contribution in [0.1, 0.15) is 41.7 Å². The van der Waals surface area contributed by atoms with Crippen LogP contribution >= 0.6 is 0 Å². The molecule has 0 unspecified atom stereocenters. The van der Waals surface area contributed by atoms with E-state index < -0.39 is 11.7 Å². The third-order valence-electron chi connectivity index (χ3n) is 5.64. The van der Waals surface area contributed by atoms with E-state index >= 15 is 0 Å². The molecule has 1 fully saturated rings. The molecule has 0 spiro atoms. The number of benzene rings is 2. The van der Waals surface area contributed by atoms with Crippen molar-refractivity contribution >= 4 is 28.4 Å². The minimum atomic E-state index is -4.42. The van der Waals surface area contributed by atoms with Crippen molar-refractivity contribution in [2.45, 2.75) is 32.0 Å². The Morgan fingerprint density at radius 2 is 1.78 bits per heavy atom. The second-order valence-electron chi connectivity index (χ2n) is 7.92. The lowest BCUT2D eigenvalue weighted by Crippen LogP contribution is -2.39. The molecule has 32 heavy (non-hydrogen) atoms. The van der Waals surface area contributed by atoms with Gasteiger partial charge in [-0.25, -0.2) is 4.68 Å². The van der Waals surface area contributed by atoms with Crippen LogP contribution in [0.4, 0.5) is 18.9 Å². The number of piperidine rings is 1. The summed E-state index contributed by atoms with van der Waals surface area (Å²) in [5.41, 5.74) is 1.26. The number of halogens is 3. The van der Waals surface area contributed by atoms with Crippen LogP contribution in [0.5, 0.6) is 0 Å². The van der Waals surface area contributed by atoms with Crippen LogP contribution in [0.2, 0.25) is 0 Å². The lowest BCUT2D eigenvalue weighted by atomic mass is 10.0. The molecule has 1 aliphatic heterocycles. The van der Waals surface area contributed by atoms with Crippen LogP contribution in [0.15, 0.2) is 42.5 Å². The number of Topliss-reactive ketones (excluding diaryl/α,β-unsaturated/α-hetero) is 1. The minimum absolute atomic E-state index is 0.00942. The summed E-state index contributed by atoms with van der Waals surface area (Å²) in [4.78, 5) is 25.7. The molecule has 4 rings (SSSR count). The summed E-state index contributed by atoms with van der Waals surface area (Å²) in [7, 11) is 0. The third-order valence-corrected chi connectivity index (χ3v) is 5.64. The molecule has 0 aliphatic carbocycles. The van der Waals surface area contributed by atoms with E-state index in [9.17, 15) is 22.8 Å². The molecule has 1 aromatic heterocycles. The van der Waals surface area contributed by atoms with E-state index in [0.29, 0.717) is 42.7 Å². The smallest absolute Gasteiger partial charge is 0.325 e. The number of hydrogen-bond acceptors (Lipinski definition) is 5. The molecule has 7 nitrogen and oxygen atoms in total. The standard InChI is InChI=1S/C22H22F3N5O2/c1-14(31)15-2-5-17(6-3-15)26-21(32)13-29-10-8-18(9-11-29)30-20-7-4-16(22(23,24)25)12-19(20)27-28-30/h2-7,12,18H,8-11,13H2,1H3,(H,26,32). The van der Waals surface area contributed by atoms with Gasteiger partial charge in [-0.1, -0.05) is 5.21 Å². The Morgan fingerprint density at radius 1 is 1.09 bits per heavy atom. The SMILES string of the molecule is CC(=O)c1ccc(NC(=O)CN2CCC(n3nnc4cc(C(F)(F)F)ccc43)CC2)cc1. The normalized spacial score (nSPS) is 15.8. The van der Waals surface area contributed by atoms with Crippen LogP contribution in [0.25, 0.3) is 11.0 Å². The van der Waals surface area contributed by atoms with Gasteiger partial charge < -0.3 is 5.32 Å². The van der Waals surface area contributed by atoms with Gasteiger partial charge in [-0.05, 0) is 62.2 Å². The van der Waals surface area contributed by atoms with Crippen molar-refractivity contribution in [3.63, 3.8) is 0 Å². The molecule has 0 radical (unpaired) electrons. The number of hydrogen-bond donors (Lipinski definition) is 1. The van der Waals surface area contributed by atoms with Crippen molar-refractivity contribution in [3.8, 4) is 0 Å². The molecule has 0 bridgehead atoms. The van der Waals surface area contributed by atoms with Gasteiger partial charge >= 0.3 is 6.18 Å². The highest BCUT2D eigenvalue weighted by Gasteiger charge is 2.31. The van der Waals surface area contributed by atoms with Crippen LogP contribution in [0.3, 0.4) is 0 Å². The van der Waals surface area contributed by atoms with Gasteiger partial charge in [0.2, 0.25) is 5.91 Å². The number of carbonyl (C=O) groups is 2. The van der Waals surface area contributed by atoms with Crippen LogP contribution in [-0.4, -0.2) is 51.2 Å². The van der Waals surface area contributed by atoms with Gasteiger partial charge in [-0.2, -0.15) is 13.2 Å². The lowest BCUT2D eigenvalue weighted by Gasteiger charge is -2.31. The summed E-state index contributed by atoms with van der Waals surface area (Å²) < 4.78 is 40.4. The average molecular weight is 445 g/mol.